The van der Waals surface area contributed by atoms with Crippen molar-refractivity contribution in [2.24, 2.45) is 0 Å². The fourth-order valence-electron chi connectivity index (χ4n) is 3.14. The topological polar surface area (TPSA) is 79.4 Å². The molecule has 1 aromatic carbocycles. The fraction of sp³-hybridized carbons (Fsp3) is 0.429. The summed E-state index contributed by atoms with van der Waals surface area (Å²) in [5.74, 6) is 0.590. The zero-order valence-electron chi connectivity index (χ0n) is 16.6. The minimum atomic E-state index is -3.00. The number of pyridine rings is 1. The standard InChI is InChI=1S/C21H27N3O3S/c1-16-4-7-18(8-5-16)21(2,3)15-23-19-9-6-17(14-22-19)20(25)24-10-12-28(26,27)13-11-24/h4-9,14H,10-13,15H2,1-3H3,(H,22,23). The van der Waals surface area contributed by atoms with Crippen LogP contribution in [0.25, 0.3) is 0 Å². The highest BCUT2D eigenvalue weighted by Crippen LogP contribution is 2.24. The highest BCUT2D eigenvalue weighted by Gasteiger charge is 2.26. The minimum absolute atomic E-state index is 0.0277. The molecule has 1 aromatic heterocycles. The third-order valence-corrected chi connectivity index (χ3v) is 6.80. The maximum atomic E-state index is 12.5. The van der Waals surface area contributed by atoms with E-state index in [4.69, 9.17) is 0 Å². The van der Waals surface area contributed by atoms with E-state index in [1.54, 1.807) is 23.2 Å². The van der Waals surface area contributed by atoms with E-state index in [0.717, 1.165) is 0 Å². The molecule has 0 saturated carbocycles. The van der Waals surface area contributed by atoms with Crippen molar-refractivity contribution in [2.45, 2.75) is 26.2 Å². The van der Waals surface area contributed by atoms with Crippen LogP contribution >= 0.6 is 0 Å². The Labute approximate surface area is 166 Å². The number of aryl methyl sites for hydroxylation is 1. The molecule has 0 aliphatic carbocycles. The molecule has 0 radical (unpaired) electrons. The summed E-state index contributed by atoms with van der Waals surface area (Å²) < 4.78 is 23.0. The predicted octanol–water partition coefficient (Wildman–Crippen LogP) is 2.65. The van der Waals surface area contributed by atoms with E-state index in [1.807, 2.05) is 0 Å². The number of rotatable bonds is 5. The molecule has 7 heteroatoms. The number of hydrogen-bond donors (Lipinski definition) is 1. The Morgan fingerprint density at radius 3 is 2.32 bits per heavy atom. The Bertz CT molecular complexity index is 922. The fourth-order valence-corrected chi connectivity index (χ4v) is 4.34. The van der Waals surface area contributed by atoms with Crippen molar-refractivity contribution >= 4 is 21.6 Å². The van der Waals surface area contributed by atoms with Crippen molar-refractivity contribution in [1.29, 1.82) is 0 Å². The summed E-state index contributed by atoms with van der Waals surface area (Å²) in [6.07, 6.45) is 1.55. The van der Waals surface area contributed by atoms with E-state index in [1.165, 1.54) is 11.1 Å². The molecule has 150 valence electrons. The smallest absolute Gasteiger partial charge is 0.255 e. The number of anilines is 1. The predicted molar refractivity (Wildman–Crippen MR) is 111 cm³/mol. The van der Waals surface area contributed by atoms with Crippen LogP contribution in [0, 0.1) is 6.92 Å². The molecule has 2 aromatic rings. The molecular weight excluding hydrogens is 374 g/mol. The maximum Gasteiger partial charge on any atom is 0.255 e. The lowest BCUT2D eigenvalue weighted by Gasteiger charge is -2.27. The Kier molecular flexibility index (Phi) is 5.74. The second-order valence-corrected chi connectivity index (χ2v) is 10.3. The van der Waals surface area contributed by atoms with Gasteiger partial charge in [-0.2, -0.15) is 0 Å². The van der Waals surface area contributed by atoms with Crippen molar-refractivity contribution in [2.75, 3.05) is 36.5 Å². The first-order valence-corrected chi connectivity index (χ1v) is 11.3. The van der Waals surface area contributed by atoms with E-state index < -0.39 is 9.84 Å². The van der Waals surface area contributed by atoms with Crippen LogP contribution < -0.4 is 5.32 Å². The highest BCUT2D eigenvalue weighted by atomic mass is 32.2. The number of carbonyl (C=O) groups excluding carboxylic acids is 1. The van der Waals surface area contributed by atoms with Gasteiger partial charge in [-0.15, -0.1) is 0 Å². The number of aromatic nitrogens is 1. The molecule has 2 heterocycles. The van der Waals surface area contributed by atoms with Crippen LogP contribution in [0.3, 0.4) is 0 Å². The number of nitrogens with zero attached hydrogens (tertiary/aromatic N) is 2. The van der Waals surface area contributed by atoms with Crippen molar-refractivity contribution in [1.82, 2.24) is 9.88 Å². The van der Waals surface area contributed by atoms with Gasteiger partial charge in [-0.1, -0.05) is 43.7 Å². The van der Waals surface area contributed by atoms with Crippen LogP contribution in [-0.4, -0.2) is 55.3 Å². The largest absolute Gasteiger partial charge is 0.369 e. The van der Waals surface area contributed by atoms with E-state index in [9.17, 15) is 13.2 Å². The van der Waals surface area contributed by atoms with Gasteiger partial charge in [-0.25, -0.2) is 13.4 Å². The molecule has 1 saturated heterocycles. The zero-order chi connectivity index (χ0) is 20.4. The van der Waals surface area contributed by atoms with Gasteiger partial charge < -0.3 is 10.2 Å². The highest BCUT2D eigenvalue weighted by molar-refractivity contribution is 7.91. The summed E-state index contributed by atoms with van der Waals surface area (Å²) >= 11 is 0. The van der Waals surface area contributed by atoms with Crippen LogP contribution in [0.1, 0.15) is 35.3 Å². The molecule has 6 nitrogen and oxygen atoms in total. The molecule has 1 aliphatic rings. The SMILES string of the molecule is Cc1ccc(C(C)(C)CNc2ccc(C(=O)N3CCS(=O)(=O)CC3)cn2)cc1. The minimum Gasteiger partial charge on any atom is -0.369 e. The molecule has 1 aliphatic heterocycles. The van der Waals surface area contributed by atoms with Crippen molar-refractivity contribution in [3.05, 3.63) is 59.3 Å². The van der Waals surface area contributed by atoms with Gasteiger partial charge in [-0.05, 0) is 24.6 Å². The normalized spacial score (nSPS) is 16.6. The van der Waals surface area contributed by atoms with Crippen molar-refractivity contribution in [3.63, 3.8) is 0 Å². The zero-order valence-corrected chi connectivity index (χ0v) is 17.4. The Hall–Kier alpha value is -2.41. The van der Waals surface area contributed by atoms with Gasteiger partial charge >= 0.3 is 0 Å². The maximum absolute atomic E-state index is 12.5. The van der Waals surface area contributed by atoms with Gasteiger partial charge in [0.25, 0.3) is 5.91 Å². The first kappa shape index (κ1) is 20.3. The third kappa shape index (κ3) is 4.90. The number of nitrogens with one attached hydrogen (secondary N) is 1. The van der Waals surface area contributed by atoms with Gasteiger partial charge in [-0.3, -0.25) is 4.79 Å². The lowest BCUT2D eigenvalue weighted by Crippen LogP contribution is -2.43. The Morgan fingerprint density at radius 2 is 1.75 bits per heavy atom. The summed E-state index contributed by atoms with van der Waals surface area (Å²) in [4.78, 5) is 18.5. The van der Waals surface area contributed by atoms with E-state index in [0.29, 0.717) is 17.9 Å². The third-order valence-electron chi connectivity index (χ3n) is 5.19. The van der Waals surface area contributed by atoms with Crippen molar-refractivity contribution in [3.8, 4) is 0 Å². The molecule has 0 bridgehead atoms. The number of sulfone groups is 1. The number of carbonyl (C=O) groups is 1. The molecule has 28 heavy (non-hydrogen) atoms. The summed E-state index contributed by atoms with van der Waals surface area (Å²) in [5.41, 5.74) is 2.89. The lowest BCUT2D eigenvalue weighted by molar-refractivity contribution is 0.0770. The van der Waals surface area contributed by atoms with E-state index in [-0.39, 0.29) is 35.9 Å². The monoisotopic (exact) mass is 401 g/mol. The van der Waals surface area contributed by atoms with Gasteiger partial charge in [0.1, 0.15) is 5.82 Å². The first-order chi connectivity index (χ1) is 13.2. The number of amides is 1. The molecule has 0 spiro atoms. The first-order valence-electron chi connectivity index (χ1n) is 9.43. The summed E-state index contributed by atoms with van der Waals surface area (Å²) in [7, 11) is -3.00. The van der Waals surface area contributed by atoms with Crippen LogP contribution in [0.4, 0.5) is 5.82 Å². The van der Waals surface area contributed by atoms with E-state index in [2.05, 4.69) is 55.3 Å². The van der Waals surface area contributed by atoms with Gasteiger partial charge in [0, 0.05) is 31.2 Å². The van der Waals surface area contributed by atoms with Crippen LogP contribution in [0.5, 0.6) is 0 Å². The van der Waals surface area contributed by atoms with Crippen molar-refractivity contribution < 1.29 is 13.2 Å². The van der Waals surface area contributed by atoms with Crippen LogP contribution in [-0.2, 0) is 15.3 Å². The van der Waals surface area contributed by atoms with E-state index >= 15 is 0 Å². The average molecular weight is 402 g/mol. The molecule has 0 unspecified atom stereocenters. The lowest BCUT2D eigenvalue weighted by atomic mass is 9.84. The van der Waals surface area contributed by atoms with Gasteiger partial charge in [0.05, 0.1) is 17.1 Å². The quantitative estimate of drug-likeness (QED) is 0.833. The molecule has 1 N–H and O–H groups in total. The second kappa shape index (κ2) is 7.91. The summed E-state index contributed by atoms with van der Waals surface area (Å²) in [6.45, 7) is 7.61. The molecule has 1 fully saturated rings. The molecular formula is C21H27N3O3S. The Balaban J connectivity index is 1.60. The Morgan fingerprint density at radius 1 is 1.11 bits per heavy atom. The van der Waals surface area contributed by atoms with Gasteiger partial charge in [0.15, 0.2) is 9.84 Å². The second-order valence-electron chi connectivity index (χ2n) is 7.98. The average Bonchev–Trinajstić information content (AvgIpc) is 2.67. The van der Waals surface area contributed by atoms with Gasteiger partial charge in [0.2, 0.25) is 0 Å². The van der Waals surface area contributed by atoms with Crippen LogP contribution in [0.15, 0.2) is 42.6 Å². The molecule has 3 rings (SSSR count). The molecule has 1 amide bonds. The number of benzene rings is 1. The molecule has 0 atom stereocenters. The summed E-state index contributed by atoms with van der Waals surface area (Å²) in [5, 5.41) is 3.34. The number of hydrogen-bond acceptors (Lipinski definition) is 5. The van der Waals surface area contributed by atoms with Crippen LogP contribution in [0.2, 0.25) is 0 Å². The summed E-state index contributed by atoms with van der Waals surface area (Å²) in [6, 6.07) is 12.0.